The van der Waals surface area contributed by atoms with Crippen LogP contribution >= 0.6 is 0 Å². The van der Waals surface area contributed by atoms with E-state index in [9.17, 15) is 8.42 Å². The first kappa shape index (κ1) is 20.1. The second-order valence-corrected chi connectivity index (χ2v) is 9.54. The van der Waals surface area contributed by atoms with Gasteiger partial charge in [0.05, 0.1) is 4.90 Å². The number of aryl methyl sites for hydroxylation is 2. The van der Waals surface area contributed by atoms with Crippen LogP contribution in [-0.4, -0.2) is 13.6 Å². The van der Waals surface area contributed by atoms with E-state index in [0.29, 0.717) is 16.3 Å². The maximum atomic E-state index is 12.8. The van der Waals surface area contributed by atoms with Crippen LogP contribution in [0.4, 0.5) is 0 Å². The van der Waals surface area contributed by atoms with E-state index < -0.39 is 9.84 Å². The number of sulfone groups is 1. The topological polar surface area (TPSA) is 60.2 Å². The Hall–Kier alpha value is -3.18. The van der Waals surface area contributed by atoms with E-state index in [1.165, 1.54) is 5.56 Å². The molecule has 0 aliphatic heterocycles. The first-order valence-electron chi connectivity index (χ1n) is 9.79. The van der Waals surface area contributed by atoms with E-state index in [1.807, 2.05) is 50.2 Å². The van der Waals surface area contributed by atoms with Crippen LogP contribution in [0.2, 0.25) is 0 Å². The van der Waals surface area contributed by atoms with Crippen molar-refractivity contribution in [3.8, 4) is 11.3 Å². The summed E-state index contributed by atoms with van der Waals surface area (Å²) in [4.78, 5) is 0.299. The lowest BCUT2D eigenvalue weighted by atomic mass is 10.0. The van der Waals surface area contributed by atoms with E-state index in [-0.39, 0.29) is 5.75 Å². The van der Waals surface area contributed by atoms with Gasteiger partial charge in [-0.3, -0.25) is 0 Å². The van der Waals surface area contributed by atoms with E-state index in [2.05, 4.69) is 29.4 Å². The third-order valence-electron chi connectivity index (χ3n) is 5.20. The van der Waals surface area contributed by atoms with Crippen LogP contribution in [0.1, 0.15) is 28.0 Å². The lowest BCUT2D eigenvalue weighted by Gasteiger charge is -2.05. The van der Waals surface area contributed by atoms with Crippen LogP contribution in [0.5, 0.6) is 0 Å². The molecule has 5 heteroatoms. The molecule has 1 heterocycles. The number of nitrogens with zero attached hydrogens (tertiary/aromatic N) is 1. The summed E-state index contributed by atoms with van der Waals surface area (Å²) in [6.07, 6.45) is 0.820. The fraction of sp³-hybridized carbons (Fsp3) is 0.160. The van der Waals surface area contributed by atoms with Crippen molar-refractivity contribution in [3.05, 3.63) is 107 Å². The summed E-state index contributed by atoms with van der Waals surface area (Å²) < 4.78 is 30.9. The Labute approximate surface area is 177 Å². The van der Waals surface area contributed by atoms with Gasteiger partial charge in [-0.1, -0.05) is 59.8 Å². The van der Waals surface area contributed by atoms with E-state index in [4.69, 9.17) is 4.52 Å². The van der Waals surface area contributed by atoms with Crippen molar-refractivity contribution in [1.29, 1.82) is 0 Å². The number of aromatic nitrogens is 1. The zero-order valence-electron chi connectivity index (χ0n) is 17.0. The SMILES string of the molecule is Cc1ccc(S(=O)(=O)Cc2cc(-c3cccc(Cc4ccccc4)c3)no2)cc1C. The lowest BCUT2D eigenvalue weighted by Crippen LogP contribution is -2.05. The normalized spacial score (nSPS) is 11.5. The van der Waals surface area contributed by atoms with Crippen molar-refractivity contribution in [2.24, 2.45) is 0 Å². The maximum absolute atomic E-state index is 12.8. The molecule has 0 saturated carbocycles. The van der Waals surface area contributed by atoms with Crippen molar-refractivity contribution < 1.29 is 12.9 Å². The van der Waals surface area contributed by atoms with Gasteiger partial charge in [-0.15, -0.1) is 0 Å². The highest BCUT2D eigenvalue weighted by Crippen LogP contribution is 2.25. The Morgan fingerprint density at radius 3 is 2.33 bits per heavy atom. The summed E-state index contributed by atoms with van der Waals surface area (Å²) in [6.45, 7) is 3.86. The largest absolute Gasteiger partial charge is 0.360 e. The Balaban J connectivity index is 1.54. The summed E-state index contributed by atoms with van der Waals surface area (Å²) >= 11 is 0. The third kappa shape index (κ3) is 4.52. The molecule has 4 rings (SSSR count). The Morgan fingerprint density at radius 2 is 1.57 bits per heavy atom. The van der Waals surface area contributed by atoms with Gasteiger partial charge in [0.1, 0.15) is 11.4 Å². The third-order valence-corrected chi connectivity index (χ3v) is 6.84. The highest BCUT2D eigenvalue weighted by atomic mass is 32.2. The number of hydrogen-bond acceptors (Lipinski definition) is 4. The Morgan fingerprint density at radius 1 is 0.800 bits per heavy atom. The quantitative estimate of drug-likeness (QED) is 0.414. The molecule has 152 valence electrons. The van der Waals surface area contributed by atoms with Crippen LogP contribution < -0.4 is 0 Å². The highest BCUT2D eigenvalue weighted by Gasteiger charge is 2.19. The van der Waals surface area contributed by atoms with Gasteiger partial charge in [0, 0.05) is 11.6 Å². The monoisotopic (exact) mass is 417 g/mol. The molecule has 0 unspecified atom stereocenters. The average molecular weight is 418 g/mol. The number of hydrogen-bond donors (Lipinski definition) is 0. The van der Waals surface area contributed by atoms with Gasteiger partial charge in [0.15, 0.2) is 15.6 Å². The molecule has 4 aromatic rings. The molecule has 1 aromatic heterocycles. The number of benzene rings is 3. The summed E-state index contributed by atoms with van der Waals surface area (Å²) in [5.74, 6) is 0.114. The molecule has 0 aliphatic carbocycles. The second-order valence-electron chi connectivity index (χ2n) is 7.55. The van der Waals surface area contributed by atoms with Gasteiger partial charge in [0.25, 0.3) is 0 Å². The molecule has 0 N–H and O–H groups in total. The fourth-order valence-electron chi connectivity index (χ4n) is 3.37. The molecular formula is C25H23NO3S. The molecule has 3 aromatic carbocycles. The zero-order valence-corrected chi connectivity index (χ0v) is 17.8. The van der Waals surface area contributed by atoms with Crippen molar-refractivity contribution in [2.45, 2.75) is 30.9 Å². The standard InChI is InChI=1S/C25H23NO3S/c1-18-11-12-24(13-19(18)2)30(27,28)17-23-16-25(26-29-23)22-10-6-9-21(15-22)14-20-7-4-3-5-8-20/h3-13,15-16H,14,17H2,1-2H3. The minimum atomic E-state index is -3.50. The van der Waals surface area contributed by atoms with Crippen molar-refractivity contribution in [1.82, 2.24) is 5.16 Å². The molecule has 0 spiro atoms. The fourth-order valence-corrected chi connectivity index (χ4v) is 4.68. The van der Waals surface area contributed by atoms with E-state index in [0.717, 1.165) is 28.7 Å². The minimum Gasteiger partial charge on any atom is -0.360 e. The minimum absolute atomic E-state index is 0.216. The molecule has 0 fully saturated rings. The zero-order chi connectivity index (χ0) is 21.1. The molecule has 0 amide bonds. The molecule has 0 aliphatic rings. The summed E-state index contributed by atoms with van der Waals surface area (Å²) in [6, 6.07) is 25.2. The smallest absolute Gasteiger partial charge is 0.185 e. The molecule has 0 saturated heterocycles. The lowest BCUT2D eigenvalue weighted by molar-refractivity contribution is 0.395. The summed E-state index contributed by atoms with van der Waals surface area (Å²) in [5, 5.41) is 4.10. The first-order chi connectivity index (χ1) is 14.4. The molecule has 0 atom stereocenters. The van der Waals surface area contributed by atoms with Crippen LogP contribution in [0.25, 0.3) is 11.3 Å². The van der Waals surface area contributed by atoms with Crippen LogP contribution in [0.3, 0.4) is 0 Å². The molecule has 30 heavy (non-hydrogen) atoms. The van der Waals surface area contributed by atoms with E-state index in [1.54, 1.807) is 18.2 Å². The van der Waals surface area contributed by atoms with Crippen LogP contribution in [0, 0.1) is 13.8 Å². The second kappa shape index (κ2) is 8.28. The summed E-state index contributed by atoms with van der Waals surface area (Å²) in [7, 11) is -3.50. The van der Waals surface area contributed by atoms with Crippen LogP contribution in [0.15, 0.2) is 88.3 Å². The molecular weight excluding hydrogens is 394 g/mol. The first-order valence-corrected chi connectivity index (χ1v) is 11.4. The Kier molecular flexibility index (Phi) is 5.55. The summed E-state index contributed by atoms with van der Waals surface area (Å²) in [5.41, 5.74) is 5.94. The average Bonchev–Trinajstić information content (AvgIpc) is 3.19. The molecule has 0 bridgehead atoms. The van der Waals surface area contributed by atoms with E-state index >= 15 is 0 Å². The van der Waals surface area contributed by atoms with Gasteiger partial charge in [0.2, 0.25) is 0 Å². The predicted octanol–water partition coefficient (Wildman–Crippen LogP) is 5.52. The van der Waals surface area contributed by atoms with Crippen molar-refractivity contribution in [3.63, 3.8) is 0 Å². The maximum Gasteiger partial charge on any atom is 0.185 e. The molecule has 0 radical (unpaired) electrons. The van der Waals surface area contributed by atoms with Gasteiger partial charge in [-0.2, -0.15) is 0 Å². The van der Waals surface area contributed by atoms with Crippen LogP contribution in [-0.2, 0) is 22.0 Å². The molecule has 4 nitrogen and oxygen atoms in total. The number of rotatable bonds is 6. The van der Waals surface area contributed by atoms with Gasteiger partial charge in [-0.25, -0.2) is 8.42 Å². The van der Waals surface area contributed by atoms with Crippen molar-refractivity contribution in [2.75, 3.05) is 0 Å². The van der Waals surface area contributed by atoms with Gasteiger partial charge >= 0.3 is 0 Å². The van der Waals surface area contributed by atoms with Crippen molar-refractivity contribution >= 4 is 9.84 Å². The predicted molar refractivity (Wildman–Crippen MR) is 118 cm³/mol. The Bertz CT molecular complexity index is 1270. The van der Waals surface area contributed by atoms with Gasteiger partial charge < -0.3 is 4.52 Å². The van der Waals surface area contributed by atoms with Gasteiger partial charge in [-0.05, 0) is 60.7 Å². The highest BCUT2D eigenvalue weighted by molar-refractivity contribution is 7.90.